The number of cyclic esters (lactones) is 1. The third-order valence-corrected chi connectivity index (χ3v) is 14.0. The van der Waals surface area contributed by atoms with Crippen molar-refractivity contribution in [2.24, 2.45) is 28.6 Å². The molecule has 14 nitrogen and oxygen atoms in total. The van der Waals surface area contributed by atoms with E-state index in [9.17, 15) is 45.3 Å². The normalized spacial score (nSPS) is 55.9. The largest absolute Gasteiger partial charge is 0.431 e. The Hall–Kier alpha value is -1.56. The second kappa shape index (κ2) is 12.5. The lowest BCUT2D eigenvalue weighted by Crippen LogP contribution is -2.71. The summed E-state index contributed by atoms with van der Waals surface area (Å²) in [4.78, 5) is 25.8. The first-order valence-corrected chi connectivity index (χ1v) is 17.9. The van der Waals surface area contributed by atoms with Crippen LogP contribution in [0.2, 0.25) is 0 Å². The Labute approximate surface area is 285 Å². The topological polar surface area (TPSA) is 222 Å². The summed E-state index contributed by atoms with van der Waals surface area (Å²) in [5.41, 5.74) is -4.24. The Kier molecular flexibility index (Phi) is 9.17. The number of rotatable bonds is 6. The van der Waals surface area contributed by atoms with E-state index < -0.39 is 89.5 Å². The highest BCUT2D eigenvalue weighted by molar-refractivity contribution is 5.75. The zero-order chi connectivity index (χ0) is 35.3. The van der Waals surface area contributed by atoms with Gasteiger partial charge in [0, 0.05) is 17.8 Å². The van der Waals surface area contributed by atoms with Crippen molar-refractivity contribution in [2.75, 3.05) is 0 Å². The van der Waals surface area contributed by atoms with E-state index in [2.05, 4.69) is 6.92 Å². The highest BCUT2D eigenvalue weighted by atomic mass is 16.7. The molecule has 49 heavy (non-hydrogen) atoms. The third kappa shape index (κ3) is 5.23. The van der Waals surface area contributed by atoms with Crippen molar-refractivity contribution in [1.82, 2.24) is 0 Å². The summed E-state index contributed by atoms with van der Waals surface area (Å²) in [5, 5.41) is 76.2. The van der Waals surface area contributed by atoms with Gasteiger partial charge in [0.05, 0.1) is 41.3 Å². The summed E-state index contributed by atoms with van der Waals surface area (Å²) in [6.07, 6.45) is -7.23. The first kappa shape index (κ1) is 35.8. The Morgan fingerprint density at radius 2 is 1.43 bits per heavy atom. The lowest BCUT2D eigenvalue weighted by Gasteiger charge is -2.66. The zero-order valence-electron chi connectivity index (χ0n) is 28.3. The van der Waals surface area contributed by atoms with Crippen molar-refractivity contribution in [2.45, 2.75) is 164 Å². The molecule has 0 amide bonds. The van der Waals surface area contributed by atoms with Crippen LogP contribution in [0.3, 0.4) is 0 Å². The van der Waals surface area contributed by atoms with Crippen molar-refractivity contribution in [3.8, 4) is 0 Å². The Morgan fingerprint density at radius 3 is 2.06 bits per heavy atom. The van der Waals surface area contributed by atoms with E-state index in [1.54, 1.807) is 13.8 Å². The van der Waals surface area contributed by atoms with Crippen LogP contribution in [0.25, 0.3) is 0 Å². The van der Waals surface area contributed by atoms with Gasteiger partial charge < -0.3 is 64.2 Å². The maximum atomic E-state index is 13.7. The van der Waals surface area contributed by atoms with Crippen molar-refractivity contribution in [3.63, 3.8) is 0 Å². The summed E-state index contributed by atoms with van der Waals surface area (Å²) >= 11 is 0. The molecule has 6 fully saturated rings. The minimum absolute atomic E-state index is 0.106. The molecule has 4 saturated carbocycles. The van der Waals surface area contributed by atoms with Gasteiger partial charge in [0.1, 0.15) is 48.7 Å². The standard InChI is InChI=1S/C35H52O14/c1-16-24(38)26(40)28(42)30(45-16)47-18-6-11-33(15-36)19-7-10-32(3)21(22-4-5-23(37)48-22)9-13-35(32,44)20(19)8-12-34(33,14-18)49-31-29(43)27(41)25(39)17(2)46-31/h4,15-21,24-31,38-44H,5-14H2,1-3H3/t16-,17-,18-,19?,20?,21+,24-,25-,26+,27+,28+,29+,30+,31+,32+,33-,34-,35-/m0/s1. The molecular weight excluding hydrogens is 644 g/mol. The van der Waals surface area contributed by atoms with Crippen molar-refractivity contribution in [3.05, 3.63) is 11.8 Å². The highest BCUT2D eigenvalue weighted by Crippen LogP contribution is 2.71. The summed E-state index contributed by atoms with van der Waals surface area (Å²) in [5.74, 6) is -0.443. The predicted molar refractivity (Wildman–Crippen MR) is 166 cm³/mol. The number of fused-ring (bicyclic) bond motifs is 5. The fourth-order valence-corrected chi connectivity index (χ4v) is 11.2. The van der Waals surface area contributed by atoms with Gasteiger partial charge in [-0.15, -0.1) is 0 Å². The lowest BCUT2D eigenvalue weighted by molar-refractivity contribution is -0.364. The minimum atomic E-state index is -1.62. The van der Waals surface area contributed by atoms with Gasteiger partial charge in [0.25, 0.3) is 0 Å². The minimum Gasteiger partial charge on any atom is -0.431 e. The molecule has 0 aromatic carbocycles. The molecule has 0 bridgehead atoms. The molecule has 3 aliphatic heterocycles. The van der Waals surface area contributed by atoms with Crippen LogP contribution in [-0.2, 0) is 33.3 Å². The van der Waals surface area contributed by atoms with Gasteiger partial charge in [-0.1, -0.05) is 6.92 Å². The number of aliphatic hydroxyl groups excluding tert-OH is 6. The molecule has 276 valence electrons. The number of hydrogen-bond acceptors (Lipinski definition) is 14. The average Bonchev–Trinajstić information content (AvgIpc) is 3.62. The second-order valence-corrected chi connectivity index (χ2v) is 16.1. The van der Waals surface area contributed by atoms with Crippen LogP contribution in [0.15, 0.2) is 11.8 Å². The number of aldehydes is 1. The summed E-state index contributed by atoms with van der Waals surface area (Å²) in [6, 6.07) is 0. The van der Waals surface area contributed by atoms with Crippen molar-refractivity contribution >= 4 is 12.3 Å². The van der Waals surface area contributed by atoms with Crippen LogP contribution < -0.4 is 0 Å². The molecule has 3 heterocycles. The molecule has 0 radical (unpaired) electrons. The van der Waals surface area contributed by atoms with Gasteiger partial charge in [-0.3, -0.25) is 4.79 Å². The number of hydrogen-bond donors (Lipinski definition) is 7. The summed E-state index contributed by atoms with van der Waals surface area (Å²) < 4.78 is 30.3. The summed E-state index contributed by atoms with van der Waals surface area (Å²) in [7, 11) is 0. The Balaban J connectivity index is 1.22. The van der Waals surface area contributed by atoms with Crippen LogP contribution in [0.5, 0.6) is 0 Å². The van der Waals surface area contributed by atoms with Crippen LogP contribution in [0, 0.1) is 28.6 Å². The second-order valence-electron chi connectivity index (χ2n) is 16.1. The van der Waals surface area contributed by atoms with Gasteiger partial charge in [-0.05, 0) is 83.1 Å². The number of allylic oxidation sites excluding steroid dienone is 1. The van der Waals surface area contributed by atoms with Crippen LogP contribution >= 0.6 is 0 Å². The van der Waals surface area contributed by atoms with Crippen LogP contribution in [-0.4, -0.2) is 127 Å². The molecule has 0 aromatic heterocycles. The van der Waals surface area contributed by atoms with E-state index in [1.165, 1.54) is 0 Å². The number of ether oxygens (including phenoxy) is 5. The molecule has 7 rings (SSSR count). The number of esters is 1. The lowest BCUT2D eigenvalue weighted by atomic mass is 9.41. The van der Waals surface area contributed by atoms with Gasteiger partial charge in [0.2, 0.25) is 0 Å². The van der Waals surface area contributed by atoms with Gasteiger partial charge in [-0.2, -0.15) is 0 Å². The fraction of sp³-hybridized carbons (Fsp3) is 0.886. The van der Waals surface area contributed by atoms with E-state index in [1.807, 2.05) is 6.08 Å². The average molecular weight is 697 g/mol. The van der Waals surface area contributed by atoms with Crippen molar-refractivity contribution < 1.29 is 69.0 Å². The molecule has 2 unspecified atom stereocenters. The molecule has 14 heteroatoms. The maximum absolute atomic E-state index is 13.7. The Bertz CT molecular complexity index is 1330. The highest BCUT2D eigenvalue weighted by Gasteiger charge is 2.73. The maximum Gasteiger partial charge on any atom is 0.314 e. The molecule has 4 aliphatic carbocycles. The molecule has 7 N–H and O–H groups in total. The monoisotopic (exact) mass is 696 g/mol. The third-order valence-electron chi connectivity index (χ3n) is 14.0. The van der Waals surface area contributed by atoms with Gasteiger partial charge >= 0.3 is 5.97 Å². The van der Waals surface area contributed by atoms with Crippen LogP contribution in [0.4, 0.5) is 0 Å². The van der Waals surface area contributed by atoms with Crippen LogP contribution in [0.1, 0.15) is 85.0 Å². The van der Waals surface area contributed by atoms with Gasteiger partial charge in [0.15, 0.2) is 12.6 Å². The van der Waals surface area contributed by atoms with E-state index in [-0.39, 0.29) is 49.4 Å². The molecule has 18 atom stereocenters. The molecule has 7 aliphatic rings. The smallest absolute Gasteiger partial charge is 0.314 e. The molecule has 0 aromatic rings. The fourth-order valence-electron chi connectivity index (χ4n) is 11.2. The zero-order valence-corrected chi connectivity index (χ0v) is 28.3. The first-order valence-electron chi connectivity index (χ1n) is 17.9. The Morgan fingerprint density at radius 1 is 0.796 bits per heavy atom. The number of carbonyl (C=O) groups is 2. The quantitative estimate of drug-likeness (QED) is 0.110. The SMILES string of the molecule is C[C@@H]1O[C@H](O[C@]23CCC4C(CC[C@]5(C)[C@@H](C6=CCC(=O)O6)CC[C@]45O)[C@@]2(C=O)CC[C@H](O[C@H]2O[C@@H](C)[C@H](O)[C@@H](O)[C@H]2O)C3)[C@H](O)[C@H](O)[C@H]1O. The van der Waals surface area contributed by atoms with Gasteiger partial charge in [-0.25, -0.2) is 0 Å². The van der Waals surface area contributed by atoms with Crippen molar-refractivity contribution in [1.29, 1.82) is 0 Å². The molecule has 0 spiro atoms. The molecular formula is C35H52O14. The summed E-state index contributed by atoms with van der Waals surface area (Å²) in [6.45, 7) is 5.18. The number of carbonyl (C=O) groups excluding carboxylic acids is 2. The van der Waals surface area contributed by atoms with E-state index in [0.717, 1.165) is 6.29 Å². The van der Waals surface area contributed by atoms with E-state index >= 15 is 0 Å². The number of aliphatic hydroxyl groups is 7. The van der Waals surface area contributed by atoms with E-state index in [0.29, 0.717) is 44.3 Å². The molecule has 2 saturated heterocycles. The first-order chi connectivity index (χ1) is 23.1. The predicted octanol–water partition coefficient (Wildman–Crippen LogP) is -0.0506. The van der Waals surface area contributed by atoms with E-state index in [4.69, 9.17) is 23.7 Å².